The smallest absolute Gasteiger partial charge is 0.331 e. The number of methoxy groups -OCH3 is 1. The third-order valence-corrected chi connectivity index (χ3v) is 3.14. The second kappa shape index (κ2) is 11.9. The molecular weight excluding hydrogens is 344 g/mol. The number of aliphatic hydroxyl groups is 2. The third-order valence-electron chi connectivity index (χ3n) is 3.14. The highest BCUT2D eigenvalue weighted by atomic mass is 16.5. The molecule has 144 valence electrons. The zero-order valence-electron chi connectivity index (χ0n) is 14.8. The van der Waals surface area contributed by atoms with Gasteiger partial charge in [-0.2, -0.15) is 0 Å². The van der Waals surface area contributed by atoms with Crippen molar-refractivity contribution < 1.29 is 38.7 Å². The van der Waals surface area contributed by atoms with Crippen molar-refractivity contribution in [2.45, 2.75) is 25.6 Å². The second-order valence-corrected chi connectivity index (χ2v) is 5.30. The van der Waals surface area contributed by atoms with Crippen molar-refractivity contribution in [3.8, 4) is 11.5 Å². The van der Waals surface area contributed by atoms with Gasteiger partial charge in [0, 0.05) is 18.2 Å². The summed E-state index contributed by atoms with van der Waals surface area (Å²) in [7, 11) is 1.19. The molecule has 0 spiro atoms. The van der Waals surface area contributed by atoms with E-state index in [0.29, 0.717) is 17.9 Å². The number of aliphatic hydroxyl groups excluding tert-OH is 2. The van der Waals surface area contributed by atoms with Gasteiger partial charge in [0.25, 0.3) is 0 Å². The maximum absolute atomic E-state index is 11.3. The van der Waals surface area contributed by atoms with Crippen molar-refractivity contribution in [2.24, 2.45) is 0 Å². The zero-order chi connectivity index (χ0) is 19.4. The molecule has 2 N–H and O–H groups in total. The minimum atomic E-state index is -1.04. The molecule has 2 atom stereocenters. The van der Waals surface area contributed by atoms with Crippen LogP contribution in [0.5, 0.6) is 11.5 Å². The first-order valence-corrected chi connectivity index (χ1v) is 8.09. The summed E-state index contributed by atoms with van der Waals surface area (Å²) >= 11 is 0. The van der Waals surface area contributed by atoms with E-state index in [2.05, 4.69) is 4.74 Å². The van der Waals surface area contributed by atoms with Gasteiger partial charge in [0.05, 0.1) is 13.2 Å². The monoisotopic (exact) mass is 368 g/mol. The van der Waals surface area contributed by atoms with Gasteiger partial charge in [0.15, 0.2) is 0 Å². The molecule has 0 aliphatic rings. The molecule has 0 aromatic heterocycles. The van der Waals surface area contributed by atoms with E-state index in [1.54, 1.807) is 24.3 Å². The van der Waals surface area contributed by atoms with Crippen LogP contribution in [0.2, 0.25) is 0 Å². The summed E-state index contributed by atoms with van der Waals surface area (Å²) in [6, 6.07) is 6.75. The van der Waals surface area contributed by atoms with Crippen LogP contribution in [0.1, 0.15) is 13.3 Å². The minimum Gasteiger partial charge on any atom is -0.491 e. The van der Waals surface area contributed by atoms with Crippen LogP contribution in [-0.2, 0) is 19.1 Å². The summed E-state index contributed by atoms with van der Waals surface area (Å²) in [5, 5.41) is 19.3. The molecular formula is C18H24O8. The van der Waals surface area contributed by atoms with Gasteiger partial charge in [-0.3, -0.25) is 0 Å². The fraction of sp³-hybridized carbons (Fsp3) is 0.444. The first kappa shape index (κ1) is 21.5. The molecule has 1 aromatic carbocycles. The first-order chi connectivity index (χ1) is 12.4. The molecule has 0 saturated heterocycles. The lowest BCUT2D eigenvalue weighted by Crippen LogP contribution is -2.24. The zero-order valence-corrected chi connectivity index (χ0v) is 14.8. The highest BCUT2D eigenvalue weighted by Crippen LogP contribution is 2.20. The van der Waals surface area contributed by atoms with Gasteiger partial charge >= 0.3 is 11.9 Å². The summed E-state index contributed by atoms with van der Waals surface area (Å²) < 4.78 is 20.0. The van der Waals surface area contributed by atoms with E-state index in [1.165, 1.54) is 7.11 Å². The van der Waals surface area contributed by atoms with Crippen molar-refractivity contribution in [2.75, 3.05) is 26.9 Å². The average Bonchev–Trinajstić information content (AvgIpc) is 2.67. The Morgan fingerprint density at radius 2 is 1.58 bits per heavy atom. The summed E-state index contributed by atoms with van der Waals surface area (Å²) in [6.45, 7) is 1.64. The van der Waals surface area contributed by atoms with Gasteiger partial charge in [0.1, 0.15) is 37.4 Å². The first-order valence-electron chi connectivity index (χ1n) is 8.09. The van der Waals surface area contributed by atoms with Crippen molar-refractivity contribution in [3.05, 3.63) is 36.4 Å². The van der Waals surface area contributed by atoms with Gasteiger partial charge in [-0.05, 0) is 18.6 Å². The lowest BCUT2D eigenvalue weighted by Gasteiger charge is -2.14. The molecule has 1 rings (SSSR count). The Kier molecular flexibility index (Phi) is 9.81. The molecule has 0 aliphatic heterocycles. The van der Waals surface area contributed by atoms with Crippen LogP contribution in [0.25, 0.3) is 0 Å². The second-order valence-electron chi connectivity index (χ2n) is 5.30. The summed E-state index contributed by atoms with van der Waals surface area (Å²) in [6.07, 6.45) is 0.842. The molecule has 0 fully saturated rings. The largest absolute Gasteiger partial charge is 0.491 e. The average molecular weight is 368 g/mol. The van der Waals surface area contributed by atoms with E-state index in [4.69, 9.17) is 14.2 Å². The minimum absolute atomic E-state index is 0.102. The van der Waals surface area contributed by atoms with Gasteiger partial charge in [-0.25, -0.2) is 9.59 Å². The quantitative estimate of drug-likeness (QED) is 0.437. The van der Waals surface area contributed by atoms with Crippen LogP contribution >= 0.6 is 0 Å². The van der Waals surface area contributed by atoms with E-state index >= 15 is 0 Å². The maximum atomic E-state index is 11.3. The van der Waals surface area contributed by atoms with Crippen LogP contribution in [-0.4, -0.2) is 61.3 Å². The molecule has 26 heavy (non-hydrogen) atoms. The molecule has 1 aromatic rings. The maximum Gasteiger partial charge on any atom is 0.331 e. The SMILES string of the molecule is CCC(O)COc1cccc(OCC(O)COC(=O)/C=C/C(=O)OC)c1. The Morgan fingerprint density at radius 1 is 1.00 bits per heavy atom. The number of hydrogen-bond acceptors (Lipinski definition) is 8. The van der Waals surface area contributed by atoms with Gasteiger partial charge in [0.2, 0.25) is 0 Å². The summed E-state index contributed by atoms with van der Waals surface area (Å²) in [4.78, 5) is 22.2. The summed E-state index contributed by atoms with van der Waals surface area (Å²) in [5.74, 6) is -0.466. The Labute approximate surface area is 151 Å². The Hall–Kier alpha value is -2.58. The molecule has 8 heteroatoms. The van der Waals surface area contributed by atoms with Gasteiger partial charge < -0.3 is 29.2 Å². The molecule has 0 heterocycles. The standard InChI is InChI=1S/C18H24O8/c1-3-13(19)10-24-15-5-4-6-16(9-15)25-11-14(20)12-26-18(22)8-7-17(21)23-2/h4-9,13-14,19-20H,3,10-12H2,1-2H3/b8-7+. The van der Waals surface area contributed by atoms with E-state index in [0.717, 1.165) is 12.2 Å². The highest BCUT2D eigenvalue weighted by molar-refractivity contribution is 5.91. The molecule has 0 amide bonds. The van der Waals surface area contributed by atoms with Crippen molar-refractivity contribution in [1.29, 1.82) is 0 Å². The molecule has 0 radical (unpaired) electrons. The number of ether oxygens (including phenoxy) is 4. The Morgan fingerprint density at radius 3 is 2.15 bits per heavy atom. The van der Waals surface area contributed by atoms with Crippen LogP contribution in [0, 0.1) is 0 Å². The Bertz CT molecular complexity index is 599. The van der Waals surface area contributed by atoms with E-state index in [-0.39, 0.29) is 19.8 Å². The van der Waals surface area contributed by atoms with Crippen LogP contribution < -0.4 is 9.47 Å². The van der Waals surface area contributed by atoms with Crippen molar-refractivity contribution in [1.82, 2.24) is 0 Å². The predicted octanol–water partition coefficient (Wildman–Crippen LogP) is 0.848. The predicted molar refractivity (Wildman–Crippen MR) is 91.9 cm³/mol. The number of benzene rings is 1. The molecule has 0 saturated carbocycles. The van der Waals surface area contributed by atoms with E-state index in [9.17, 15) is 19.8 Å². The topological polar surface area (TPSA) is 112 Å². The van der Waals surface area contributed by atoms with Gasteiger partial charge in [-0.1, -0.05) is 13.0 Å². The highest BCUT2D eigenvalue weighted by Gasteiger charge is 2.09. The van der Waals surface area contributed by atoms with Crippen LogP contribution in [0.4, 0.5) is 0 Å². The van der Waals surface area contributed by atoms with E-state index < -0.39 is 24.1 Å². The number of esters is 2. The fourth-order valence-electron chi connectivity index (χ4n) is 1.64. The number of carbonyl (C=O) groups is 2. The number of carbonyl (C=O) groups excluding carboxylic acids is 2. The third kappa shape index (κ3) is 9.05. The summed E-state index contributed by atoms with van der Waals surface area (Å²) in [5.41, 5.74) is 0. The molecule has 8 nitrogen and oxygen atoms in total. The lowest BCUT2D eigenvalue weighted by molar-refractivity contribution is -0.142. The molecule has 0 bridgehead atoms. The lowest BCUT2D eigenvalue weighted by atomic mass is 10.3. The van der Waals surface area contributed by atoms with Crippen LogP contribution in [0.15, 0.2) is 36.4 Å². The van der Waals surface area contributed by atoms with Crippen LogP contribution in [0.3, 0.4) is 0 Å². The molecule has 0 aliphatic carbocycles. The Balaban J connectivity index is 2.35. The van der Waals surface area contributed by atoms with Crippen molar-refractivity contribution >= 4 is 11.9 Å². The normalized spacial score (nSPS) is 13.1. The molecule has 2 unspecified atom stereocenters. The number of hydrogen-bond donors (Lipinski definition) is 2. The van der Waals surface area contributed by atoms with Crippen molar-refractivity contribution in [3.63, 3.8) is 0 Å². The van der Waals surface area contributed by atoms with Gasteiger partial charge in [-0.15, -0.1) is 0 Å². The van der Waals surface area contributed by atoms with E-state index in [1.807, 2.05) is 6.92 Å². The number of rotatable bonds is 11. The fourth-order valence-corrected chi connectivity index (χ4v) is 1.64.